The van der Waals surface area contributed by atoms with Crippen LogP contribution in [-0.4, -0.2) is 20.7 Å². The van der Waals surface area contributed by atoms with Crippen LogP contribution in [0.15, 0.2) is 54.6 Å². The van der Waals surface area contributed by atoms with Crippen LogP contribution < -0.4 is 0 Å². The molecule has 0 atom stereocenters. The highest BCUT2D eigenvalue weighted by Gasteiger charge is 2.33. The molecule has 1 aromatic heterocycles. The maximum Gasteiger partial charge on any atom is 0.335 e. The first-order valence-corrected chi connectivity index (χ1v) is 10.6. The lowest BCUT2D eigenvalue weighted by Gasteiger charge is -2.26. The van der Waals surface area contributed by atoms with E-state index in [1.807, 2.05) is 13.8 Å². The first-order chi connectivity index (χ1) is 16.1. The summed E-state index contributed by atoms with van der Waals surface area (Å²) in [4.78, 5) is 11.4. The average molecular weight is 460 g/mol. The molecule has 0 saturated heterocycles. The van der Waals surface area contributed by atoms with Gasteiger partial charge in [-0.3, -0.25) is 0 Å². The molecule has 0 saturated carbocycles. The summed E-state index contributed by atoms with van der Waals surface area (Å²) in [6.45, 7) is 5.47. The molecule has 0 amide bonds. The molecule has 0 spiro atoms. The fourth-order valence-corrected chi connectivity index (χ4v) is 4.34. The first kappa shape index (κ1) is 23.0. The third kappa shape index (κ3) is 3.67. The van der Waals surface area contributed by atoms with Crippen molar-refractivity contribution >= 4 is 16.9 Å². The van der Waals surface area contributed by atoms with Crippen molar-refractivity contribution in [2.75, 3.05) is 0 Å². The quantitative estimate of drug-likeness (QED) is 0.357. The summed E-state index contributed by atoms with van der Waals surface area (Å²) in [6, 6.07) is 15.5. The van der Waals surface area contributed by atoms with Gasteiger partial charge in [-0.15, -0.1) is 0 Å². The molecular weight excluding hydrogens is 438 g/mol. The molecule has 172 valence electrons. The normalized spacial score (nSPS) is 11.5. The molecule has 0 unspecified atom stereocenters. The Labute approximate surface area is 195 Å². The van der Waals surface area contributed by atoms with E-state index in [1.165, 1.54) is 18.2 Å². The predicted octanol–water partition coefficient (Wildman–Crippen LogP) is 6.48. The number of nitrogens with zero attached hydrogens (tertiary/aromatic N) is 2. The van der Waals surface area contributed by atoms with E-state index < -0.39 is 23.0 Å². The summed E-state index contributed by atoms with van der Waals surface area (Å²) in [7, 11) is 0. The van der Waals surface area contributed by atoms with Crippen molar-refractivity contribution in [2.24, 2.45) is 0 Å². The van der Waals surface area contributed by atoms with Gasteiger partial charge in [0.1, 0.15) is 5.75 Å². The maximum atomic E-state index is 14.3. The molecule has 0 aliphatic heterocycles. The summed E-state index contributed by atoms with van der Waals surface area (Å²) in [6.07, 6.45) is 0.104. The van der Waals surface area contributed by atoms with Crippen molar-refractivity contribution in [3.8, 4) is 28.6 Å². The fourth-order valence-electron chi connectivity index (χ4n) is 4.34. The fraction of sp³-hybridized carbons (Fsp3) is 0.185. The second-order valence-corrected chi connectivity index (χ2v) is 8.88. The molecule has 5 nitrogen and oxygen atoms in total. The summed E-state index contributed by atoms with van der Waals surface area (Å²) in [5, 5.41) is 30.5. The molecule has 0 fully saturated rings. The summed E-state index contributed by atoms with van der Waals surface area (Å²) in [5.41, 5.74) is 2.65. The van der Waals surface area contributed by atoms with Gasteiger partial charge in [0, 0.05) is 34.8 Å². The first-order valence-electron chi connectivity index (χ1n) is 10.6. The molecule has 0 aliphatic carbocycles. The number of phenols is 1. The van der Waals surface area contributed by atoms with Gasteiger partial charge in [-0.25, -0.2) is 13.6 Å². The highest BCUT2D eigenvalue weighted by molar-refractivity contribution is 6.04. The zero-order chi connectivity index (χ0) is 24.8. The SMILES string of the molecule is Cc1ccc2c(c1O)c(-c1ccc(C(=O)O)cc1)c(C(C)(C)CC#N)n2-c1ccc(F)c(F)c1. The standard InChI is InChI=1S/C27H22F2N2O3/c1-15-4-11-21-23(24(15)32)22(16-5-7-17(8-6-16)26(33)34)25(27(2,3)12-13-30)31(21)18-9-10-19(28)20(29)14-18/h4-11,14,32H,12H2,1-3H3,(H,33,34). The van der Waals surface area contributed by atoms with Crippen LogP contribution in [0.2, 0.25) is 0 Å². The van der Waals surface area contributed by atoms with Crippen LogP contribution in [0, 0.1) is 29.9 Å². The molecule has 0 aliphatic rings. The second kappa shape index (κ2) is 8.31. The van der Waals surface area contributed by atoms with Crippen molar-refractivity contribution in [3.05, 3.63) is 83.1 Å². The van der Waals surface area contributed by atoms with Gasteiger partial charge in [-0.2, -0.15) is 5.26 Å². The number of carboxylic acids is 1. The summed E-state index contributed by atoms with van der Waals surface area (Å²) < 4.78 is 29.8. The number of fused-ring (bicyclic) bond motifs is 1. The minimum absolute atomic E-state index is 0.0187. The third-order valence-corrected chi connectivity index (χ3v) is 6.05. The van der Waals surface area contributed by atoms with Crippen LogP contribution in [0.4, 0.5) is 8.78 Å². The van der Waals surface area contributed by atoms with E-state index in [-0.39, 0.29) is 17.7 Å². The van der Waals surface area contributed by atoms with Crippen molar-refractivity contribution in [3.63, 3.8) is 0 Å². The number of aromatic hydroxyl groups is 1. The van der Waals surface area contributed by atoms with Crippen LogP contribution in [0.25, 0.3) is 27.7 Å². The molecule has 3 aromatic carbocycles. The van der Waals surface area contributed by atoms with Crippen molar-refractivity contribution in [1.82, 2.24) is 4.57 Å². The van der Waals surface area contributed by atoms with Crippen LogP contribution in [-0.2, 0) is 5.41 Å². The maximum absolute atomic E-state index is 14.3. The lowest BCUT2D eigenvalue weighted by Crippen LogP contribution is -2.22. The predicted molar refractivity (Wildman–Crippen MR) is 125 cm³/mol. The number of carboxylic acid groups (broad SMARTS) is 1. The molecule has 2 N–H and O–H groups in total. The van der Waals surface area contributed by atoms with Gasteiger partial charge < -0.3 is 14.8 Å². The topological polar surface area (TPSA) is 86.2 Å². The van der Waals surface area contributed by atoms with Gasteiger partial charge in [0.15, 0.2) is 11.6 Å². The number of rotatable bonds is 5. The number of aryl methyl sites for hydroxylation is 1. The van der Waals surface area contributed by atoms with E-state index in [0.29, 0.717) is 39.0 Å². The Morgan fingerprint density at radius 3 is 2.32 bits per heavy atom. The van der Waals surface area contributed by atoms with Gasteiger partial charge >= 0.3 is 5.97 Å². The van der Waals surface area contributed by atoms with Crippen LogP contribution in [0.5, 0.6) is 5.75 Å². The highest BCUT2D eigenvalue weighted by atomic mass is 19.2. The van der Waals surface area contributed by atoms with Crippen LogP contribution in [0.1, 0.15) is 41.9 Å². The van der Waals surface area contributed by atoms with E-state index in [4.69, 9.17) is 0 Å². The Morgan fingerprint density at radius 1 is 1.06 bits per heavy atom. The second-order valence-electron chi connectivity index (χ2n) is 8.88. The minimum atomic E-state index is -1.07. The van der Waals surface area contributed by atoms with E-state index in [2.05, 4.69) is 6.07 Å². The molecule has 0 radical (unpaired) electrons. The molecule has 7 heteroatoms. The Kier molecular flexibility index (Phi) is 5.62. The number of benzene rings is 3. The third-order valence-electron chi connectivity index (χ3n) is 6.05. The number of halogens is 2. The number of nitriles is 1. The Balaban J connectivity index is 2.21. The zero-order valence-electron chi connectivity index (χ0n) is 18.9. The van der Waals surface area contributed by atoms with Crippen LogP contribution in [0.3, 0.4) is 0 Å². The number of hydrogen-bond acceptors (Lipinski definition) is 3. The summed E-state index contributed by atoms with van der Waals surface area (Å²) in [5.74, 6) is -3.06. The number of aromatic nitrogens is 1. The molecule has 1 heterocycles. The molecular formula is C27H22F2N2O3. The molecule has 0 bridgehead atoms. The molecule has 34 heavy (non-hydrogen) atoms. The number of carbonyl (C=O) groups is 1. The van der Waals surface area contributed by atoms with Gasteiger partial charge in [-0.1, -0.05) is 32.0 Å². The van der Waals surface area contributed by atoms with Gasteiger partial charge in [0.25, 0.3) is 0 Å². The monoisotopic (exact) mass is 460 g/mol. The van der Waals surface area contributed by atoms with Gasteiger partial charge in [-0.05, 0) is 48.4 Å². The molecule has 4 aromatic rings. The van der Waals surface area contributed by atoms with Gasteiger partial charge in [0.2, 0.25) is 0 Å². The van der Waals surface area contributed by atoms with Crippen LogP contribution >= 0.6 is 0 Å². The number of phenolic OH excluding ortho intramolecular Hbond substituents is 1. The smallest absolute Gasteiger partial charge is 0.335 e. The lowest BCUT2D eigenvalue weighted by atomic mass is 9.81. The van der Waals surface area contributed by atoms with Crippen molar-refractivity contribution in [1.29, 1.82) is 5.26 Å². The minimum Gasteiger partial charge on any atom is -0.507 e. The summed E-state index contributed by atoms with van der Waals surface area (Å²) >= 11 is 0. The van der Waals surface area contributed by atoms with Crippen molar-refractivity contribution < 1.29 is 23.8 Å². The largest absolute Gasteiger partial charge is 0.507 e. The van der Waals surface area contributed by atoms with Crippen molar-refractivity contribution in [2.45, 2.75) is 32.6 Å². The number of aromatic carboxylic acids is 1. The van der Waals surface area contributed by atoms with E-state index in [9.17, 15) is 29.1 Å². The highest BCUT2D eigenvalue weighted by Crippen LogP contribution is 2.47. The molecule has 4 rings (SSSR count). The number of hydrogen-bond donors (Lipinski definition) is 2. The Bertz CT molecular complexity index is 1480. The van der Waals surface area contributed by atoms with E-state index in [0.717, 1.165) is 12.1 Å². The Hall–Kier alpha value is -4.18. The van der Waals surface area contributed by atoms with Gasteiger partial charge in [0.05, 0.1) is 22.5 Å². The average Bonchev–Trinajstić information content (AvgIpc) is 3.15. The zero-order valence-corrected chi connectivity index (χ0v) is 18.9. The lowest BCUT2D eigenvalue weighted by molar-refractivity contribution is 0.0697. The van der Waals surface area contributed by atoms with E-state index in [1.54, 1.807) is 35.8 Å². The Morgan fingerprint density at radius 2 is 1.74 bits per heavy atom. The van der Waals surface area contributed by atoms with E-state index >= 15 is 0 Å².